The zero-order valence-electron chi connectivity index (χ0n) is 11.8. The minimum atomic E-state index is 0.829. The van der Waals surface area contributed by atoms with E-state index in [1.165, 1.54) is 49.2 Å². The van der Waals surface area contributed by atoms with E-state index in [4.69, 9.17) is 4.98 Å². The summed E-state index contributed by atoms with van der Waals surface area (Å²) in [5, 5.41) is 4.72. The minimum absolute atomic E-state index is 0.829. The summed E-state index contributed by atoms with van der Waals surface area (Å²) in [6.07, 6.45) is 3.76. The molecule has 20 heavy (non-hydrogen) atoms. The molecule has 1 aromatic heterocycles. The molecule has 2 aliphatic rings. The molecule has 0 atom stereocenters. The van der Waals surface area contributed by atoms with E-state index >= 15 is 0 Å². The molecule has 0 amide bonds. The molecule has 0 aliphatic carbocycles. The third-order valence-electron chi connectivity index (χ3n) is 4.67. The van der Waals surface area contributed by atoms with Crippen LogP contribution in [0, 0.1) is 5.92 Å². The highest BCUT2D eigenvalue weighted by Crippen LogP contribution is 2.30. The summed E-state index contributed by atoms with van der Waals surface area (Å²) in [6, 6.07) is 10.8. The first-order valence-corrected chi connectivity index (χ1v) is 7.74. The lowest BCUT2D eigenvalue weighted by atomic mass is 9.98. The van der Waals surface area contributed by atoms with Crippen molar-refractivity contribution in [3.8, 4) is 0 Å². The number of anilines is 1. The zero-order chi connectivity index (χ0) is 13.4. The Hall–Kier alpha value is -1.61. The number of benzene rings is 1. The van der Waals surface area contributed by atoms with Crippen molar-refractivity contribution in [2.24, 2.45) is 5.92 Å². The van der Waals surface area contributed by atoms with Crippen LogP contribution in [-0.2, 0) is 6.42 Å². The molecule has 1 N–H and O–H groups in total. The van der Waals surface area contributed by atoms with E-state index in [1.807, 2.05) is 0 Å². The molecule has 4 rings (SSSR count). The highest BCUT2D eigenvalue weighted by Gasteiger charge is 2.24. The fourth-order valence-electron chi connectivity index (χ4n) is 3.52. The first-order chi connectivity index (χ1) is 9.90. The van der Waals surface area contributed by atoms with Crippen molar-refractivity contribution < 1.29 is 0 Å². The molecule has 3 heteroatoms. The summed E-state index contributed by atoms with van der Waals surface area (Å²) < 4.78 is 0. The maximum Gasteiger partial charge on any atom is 0.132 e. The summed E-state index contributed by atoms with van der Waals surface area (Å²) in [5.74, 6) is 2.07. The van der Waals surface area contributed by atoms with Crippen LogP contribution in [0.5, 0.6) is 0 Å². The third kappa shape index (κ3) is 2.16. The lowest BCUT2D eigenvalue weighted by Gasteiger charge is -2.28. The van der Waals surface area contributed by atoms with Crippen LogP contribution < -0.4 is 10.2 Å². The Morgan fingerprint density at radius 2 is 2.05 bits per heavy atom. The maximum atomic E-state index is 4.91. The molecule has 1 saturated heterocycles. The molecule has 1 aromatic carbocycles. The molecular formula is C17H21N3. The number of rotatable bonds is 2. The summed E-state index contributed by atoms with van der Waals surface area (Å²) in [5.41, 5.74) is 2.56. The van der Waals surface area contributed by atoms with Crippen LogP contribution in [0.1, 0.15) is 18.4 Å². The Bertz CT molecular complexity index is 617. The number of para-hydroxylation sites is 1. The van der Waals surface area contributed by atoms with Crippen molar-refractivity contribution >= 4 is 16.7 Å². The smallest absolute Gasteiger partial charge is 0.132 e. The van der Waals surface area contributed by atoms with Gasteiger partial charge in [0.15, 0.2) is 0 Å². The molecule has 0 bridgehead atoms. The number of hydrogen-bond donors (Lipinski definition) is 1. The van der Waals surface area contributed by atoms with E-state index in [0.717, 1.165) is 24.4 Å². The quantitative estimate of drug-likeness (QED) is 0.906. The highest BCUT2D eigenvalue weighted by atomic mass is 15.2. The number of fused-ring (bicyclic) bond motifs is 2. The second kappa shape index (κ2) is 5.06. The van der Waals surface area contributed by atoms with Crippen LogP contribution in [0.2, 0.25) is 0 Å². The predicted molar refractivity (Wildman–Crippen MR) is 83.3 cm³/mol. The van der Waals surface area contributed by atoms with Crippen LogP contribution in [0.15, 0.2) is 30.3 Å². The molecule has 1 fully saturated rings. The molecule has 0 spiro atoms. The van der Waals surface area contributed by atoms with Gasteiger partial charge in [0.25, 0.3) is 0 Å². The van der Waals surface area contributed by atoms with E-state index in [0.29, 0.717) is 0 Å². The van der Waals surface area contributed by atoms with Crippen molar-refractivity contribution in [1.29, 1.82) is 0 Å². The summed E-state index contributed by atoms with van der Waals surface area (Å²) in [4.78, 5) is 7.42. The standard InChI is InChI=1S/C17H21N3/c1-2-4-16-14(3-1)11-15-7-10-20(17(15)19-16)12-13-5-8-18-9-6-13/h1-4,11,13,18H,5-10,12H2. The maximum absolute atomic E-state index is 4.91. The van der Waals surface area contributed by atoms with Crippen LogP contribution in [0.3, 0.4) is 0 Å². The van der Waals surface area contributed by atoms with E-state index < -0.39 is 0 Å². The molecule has 3 heterocycles. The van der Waals surface area contributed by atoms with Crippen molar-refractivity contribution in [1.82, 2.24) is 10.3 Å². The molecule has 2 aliphatic heterocycles. The molecule has 3 nitrogen and oxygen atoms in total. The van der Waals surface area contributed by atoms with Gasteiger partial charge in [-0.1, -0.05) is 18.2 Å². The number of pyridine rings is 1. The van der Waals surface area contributed by atoms with Crippen molar-refractivity contribution in [3.63, 3.8) is 0 Å². The summed E-state index contributed by atoms with van der Waals surface area (Å²) in [7, 11) is 0. The van der Waals surface area contributed by atoms with Crippen LogP contribution >= 0.6 is 0 Å². The molecule has 2 aromatic rings. The van der Waals surface area contributed by atoms with Gasteiger partial charge in [0.2, 0.25) is 0 Å². The van der Waals surface area contributed by atoms with E-state index in [1.54, 1.807) is 0 Å². The number of nitrogens with one attached hydrogen (secondary N) is 1. The fourth-order valence-corrected chi connectivity index (χ4v) is 3.52. The summed E-state index contributed by atoms with van der Waals surface area (Å²) in [6.45, 7) is 4.68. The summed E-state index contributed by atoms with van der Waals surface area (Å²) >= 11 is 0. The van der Waals surface area contributed by atoms with Gasteiger partial charge in [-0.05, 0) is 56.0 Å². The van der Waals surface area contributed by atoms with Gasteiger partial charge < -0.3 is 10.2 Å². The van der Waals surface area contributed by atoms with Gasteiger partial charge in [-0.25, -0.2) is 4.98 Å². The van der Waals surface area contributed by atoms with Crippen molar-refractivity contribution in [2.75, 3.05) is 31.1 Å². The Kier molecular flexibility index (Phi) is 3.07. The number of piperidine rings is 1. The third-order valence-corrected chi connectivity index (χ3v) is 4.67. The number of nitrogens with zero attached hydrogens (tertiary/aromatic N) is 2. The monoisotopic (exact) mass is 267 g/mol. The topological polar surface area (TPSA) is 28.2 Å². The van der Waals surface area contributed by atoms with Gasteiger partial charge in [0, 0.05) is 18.5 Å². The predicted octanol–water partition coefficient (Wildman–Crippen LogP) is 2.60. The number of aromatic nitrogens is 1. The van der Waals surface area contributed by atoms with Gasteiger partial charge in [0.1, 0.15) is 5.82 Å². The lowest BCUT2D eigenvalue weighted by Crippen LogP contribution is -2.35. The average Bonchev–Trinajstić information content (AvgIpc) is 2.88. The van der Waals surface area contributed by atoms with Gasteiger partial charge >= 0.3 is 0 Å². The van der Waals surface area contributed by atoms with Gasteiger partial charge in [0.05, 0.1) is 5.52 Å². The van der Waals surface area contributed by atoms with Crippen molar-refractivity contribution in [3.05, 3.63) is 35.9 Å². The number of hydrogen-bond acceptors (Lipinski definition) is 3. The Morgan fingerprint density at radius 3 is 2.95 bits per heavy atom. The fraction of sp³-hybridized carbons (Fsp3) is 0.471. The van der Waals surface area contributed by atoms with Crippen molar-refractivity contribution in [2.45, 2.75) is 19.3 Å². The zero-order valence-corrected chi connectivity index (χ0v) is 11.8. The highest BCUT2D eigenvalue weighted by molar-refractivity contribution is 5.82. The molecular weight excluding hydrogens is 246 g/mol. The van der Waals surface area contributed by atoms with E-state index in [9.17, 15) is 0 Å². The minimum Gasteiger partial charge on any atom is -0.356 e. The van der Waals surface area contributed by atoms with Crippen LogP contribution in [0.4, 0.5) is 5.82 Å². The molecule has 104 valence electrons. The molecule has 0 saturated carbocycles. The SMILES string of the molecule is c1ccc2nc3c(cc2c1)CCN3CC1CCNCC1. The molecule has 0 radical (unpaired) electrons. The van der Waals surface area contributed by atoms with Gasteiger partial charge in [-0.2, -0.15) is 0 Å². The normalized spacial score (nSPS) is 19.5. The van der Waals surface area contributed by atoms with E-state index in [2.05, 4.69) is 40.5 Å². The molecule has 0 unspecified atom stereocenters. The largest absolute Gasteiger partial charge is 0.356 e. The first-order valence-electron chi connectivity index (χ1n) is 7.74. The van der Waals surface area contributed by atoms with E-state index in [-0.39, 0.29) is 0 Å². The van der Waals surface area contributed by atoms with Gasteiger partial charge in [-0.15, -0.1) is 0 Å². The van der Waals surface area contributed by atoms with Gasteiger partial charge in [-0.3, -0.25) is 0 Å². The second-order valence-corrected chi connectivity index (χ2v) is 6.05. The Morgan fingerprint density at radius 1 is 1.20 bits per heavy atom. The second-order valence-electron chi connectivity index (χ2n) is 6.05. The lowest BCUT2D eigenvalue weighted by molar-refractivity contribution is 0.375. The Balaban J connectivity index is 1.61. The Labute approximate surface area is 120 Å². The first kappa shape index (κ1) is 12.2. The van der Waals surface area contributed by atoms with Crippen LogP contribution in [-0.4, -0.2) is 31.2 Å². The van der Waals surface area contributed by atoms with Crippen LogP contribution in [0.25, 0.3) is 10.9 Å². The average molecular weight is 267 g/mol.